The lowest BCUT2D eigenvalue weighted by atomic mass is 10.1. The van der Waals surface area contributed by atoms with Crippen LogP contribution in [0.5, 0.6) is 11.5 Å². The van der Waals surface area contributed by atoms with Gasteiger partial charge in [0.05, 0.1) is 18.7 Å². The van der Waals surface area contributed by atoms with Gasteiger partial charge in [-0.3, -0.25) is 0 Å². The minimum absolute atomic E-state index is 0.600. The first-order valence-electron chi connectivity index (χ1n) is 6.22. The molecule has 1 aromatic carbocycles. The highest BCUT2D eigenvalue weighted by Crippen LogP contribution is 2.36. The lowest BCUT2D eigenvalue weighted by Gasteiger charge is -2.14. The van der Waals surface area contributed by atoms with Crippen molar-refractivity contribution < 1.29 is 9.47 Å². The fourth-order valence-corrected chi connectivity index (χ4v) is 1.90. The summed E-state index contributed by atoms with van der Waals surface area (Å²) in [6.45, 7) is 5.73. The summed E-state index contributed by atoms with van der Waals surface area (Å²) in [6.07, 6.45) is 0.998. The van der Waals surface area contributed by atoms with Crippen molar-refractivity contribution in [1.82, 2.24) is 5.32 Å². The molecule has 0 radical (unpaired) electrons. The quantitative estimate of drug-likeness (QED) is 0.823. The number of hydrogen-bond acceptors (Lipinski definition) is 3. The number of rotatable bonds is 7. The molecule has 0 bridgehead atoms. The van der Waals surface area contributed by atoms with E-state index in [1.165, 1.54) is 0 Å². The standard InChI is InChI=1S/C14H22ClNO2/c1-10(2)5-6-18-14-12(15)7-11(9-16-3)8-13(14)17-4/h7-8,10,16H,5-6,9H2,1-4H3. The van der Waals surface area contributed by atoms with Gasteiger partial charge in [-0.1, -0.05) is 25.4 Å². The number of benzene rings is 1. The largest absolute Gasteiger partial charge is 0.493 e. The molecule has 0 spiro atoms. The van der Waals surface area contributed by atoms with E-state index in [1.54, 1.807) is 7.11 Å². The molecule has 0 saturated carbocycles. The van der Waals surface area contributed by atoms with Gasteiger partial charge >= 0.3 is 0 Å². The van der Waals surface area contributed by atoms with Gasteiger partial charge < -0.3 is 14.8 Å². The second-order valence-electron chi connectivity index (χ2n) is 4.67. The molecule has 1 aromatic rings. The summed E-state index contributed by atoms with van der Waals surface area (Å²) in [6, 6.07) is 3.86. The molecule has 102 valence electrons. The second kappa shape index (κ2) is 7.49. The number of ether oxygens (including phenoxy) is 2. The van der Waals surface area contributed by atoms with Crippen LogP contribution in [0.1, 0.15) is 25.8 Å². The number of nitrogens with one attached hydrogen (secondary N) is 1. The summed E-state index contributed by atoms with van der Waals surface area (Å²) in [5.41, 5.74) is 1.08. The van der Waals surface area contributed by atoms with E-state index in [-0.39, 0.29) is 0 Å². The van der Waals surface area contributed by atoms with Gasteiger partial charge in [-0.15, -0.1) is 0 Å². The smallest absolute Gasteiger partial charge is 0.179 e. The van der Waals surface area contributed by atoms with Gasteiger partial charge in [-0.05, 0) is 37.1 Å². The van der Waals surface area contributed by atoms with Gasteiger partial charge in [0, 0.05) is 6.54 Å². The van der Waals surface area contributed by atoms with Gasteiger partial charge in [0.15, 0.2) is 11.5 Å². The Labute approximate surface area is 114 Å². The lowest BCUT2D eigenvalue weighted by molar-refractivity contribution is 0.273. The van der Waals surface area contributed by atoms with Crippen LogP contribution in [0, 0.1) is 5.92 Å². The van der Waals surface area contributed by atoms with Crippen molar-refractivity contribution in [2.45, 2.75) is 26.8 Å². The Bertz CT molecular complexity index is 380. The first kappa shape index (κ1) is 15.1. The fourth-order valence-electron chi connectivity index (χ4n) is 1.62. The van der Waals surface area contributed by atoms with Crippen molar-refractivity contribution in [2.75, 3.05) is 20.8 Å². The molecule has 1 N–H and O–H groups in total. The molecule has 0 amide bonds. The van der Waals surface area contributed by atoms with Gasteiger partial charge in [-0.25, -0.2) is 0 Å². The third kappa shape index (κ3) is 4.39. The van der Waals surface area contributed by atoms with Crippen LogP contribution in [0.15, 0.2) is 12.1 Å². The molecule has 0 aliphatic heterocycles. The molecule has 3 nitrogen and oxygen atoms in total. The number of methoxy groups -OCH3 is 1. The molecule has 1 rings (SSSR count). The Kier molecular flexibility index (Phi) is 6.30. The Hall–Kier alpha value is -0.930. The zero-order valence-corrected chi connectivity index (χ0v) is 12.3. The van der Waals surface area contributed by atoms with Gasteiger partial charge in [0.1, 0.15) is 0 Å². The third-order valence-electron chi connectivity index (χ3n) is 2.61. The second-order valence-corrected chi connectivity index (χ2v) is 5.08. The van der Waals surface area contributed by atoms with Crippen LogP contribution < -0.4 is 14.8 Å². The topological polar surface area (TPSA) is 30.5 Å². The van der Waals surface area contributed by atoms with E-state index < -0.39 is 0 Å². The summed E-state index contributed by atoms with van der Waals surface area (Å²) in [7, 11) is 3.53. The molecular weight excluding hydrogens is 250 g/mol. The highest BCUT2D eigenvalue weighted by molar-refractivity contribution is 6.32. The summed E-state index contributed by atoms with van der Waals surface area (Å²) >= 11 is 6.23. The Morgan fingerprint density at radius 1 is 1.33 bits per heavy atom. The SMILES string of the molecule is CNCc1cc(Cl)c(OCCC(C)C)c(OC)c1. The first-order valence-corrected chi connectivity index (χ1v) is 6.60. The molecule has 18 heavy (non-hydrogen) atoms. The Morgan fingerprint density at radius 2 is 2.06 bits per heavy atom. The maximum Gasteiger partial charge on any atom is 0.179 e. The number of halogens is 1. The van der Waals surface area contributed by atoms with Crippen LogP contribution in [-0.2, 0) is 6.54 Å². The molecule has 4 heteroatoms. The zero-order valence-electron chi connectivity index (χ0n) is 11.5. The monoisotopic (exact) mass is 271 g/mol. The average Bonchev–Trinajstić information content (AvgIpc) is 2.31. The lowest BCUT2D eigenvalue weighted by Crippen LogP contribution is -2.07. The maximum absolute atomic E-state index is 6.23. The molecule has 0 saturated heterocycles. The minimum Gasteiger partial charge on any atom is -0.493 e. The predicted molar refractivity (Wildman–Crippen MR) is 75.7 cm³/mol. The summed E-state index contributed by atoms with van der Waals surface area (Å²) in [5, 5.41) is 3.69. The predicted octanol–water partition coefficient (Wildman–Crippen LogP) is 3.49. The highest BCUT2D eigenvalue weighted by Gasteiger charge is 2.12. The van der Waals surface area contributed by atoms with Crippen molar-refractivity contribution in [2.24, 2.45) is 5.92 Å². The van der Waals surface area contributed by atoms with Crippen LogP contribution in [0.25, 0.3) is 0 Å². The van der Waals surface area contributed by atoms with Crippen molar-refractivity contribution in [3.05, 3.63) is 22.7 Å². The Balaban J connectivity index is 2.82. The van der Waals surface area contributed by atoms with Gasteiger partial charge in [0.25, 0.3) is 0 Å². The van der Waals surface area contributed by atoms with Crippen molar-refractivity contribution >= 4 is 11.6 Å². The van der Waals surface area contributed by atoms with Crippen molar-refractivity contribution in [3.63, 3.8) is 0 Å². The van der Waals surface area contributed by atoms with E-state index >= 15 is 0 Å². The van der Waals surface area contributed by atoms with Crippen molar-refractivity contribution in [1.29, 1.82) is 0 Å². The highest BCUT2D eigenvalue weighted by atomic mass is 35.5. The molecule has 0 aliphatic carbocycles. The fraction of sp³-hybridized carbons (Fsp3) is 0.571. The summed E-state index contributed by atoms with van der Waals surface area (Å²) in [4.78, 5) is 0. The summed E-state index contributed by atoms with van der Waals surface area (Å²) in [5.74, 6) is 1.94. The molecule has 0 unspecified atom stereocenters. The van der Waals surface area contributed by atoms with E-state index in [0.717, 1.165) is 18.5 Å². The van der Waals surface area contributed by atoms with Crippen LogP contribution >= 0.6 is 11.6 Å². The molecular formula is C14H22ClNO2. The molecule has 0 heterocycles. The van der Waals surface area contributed by atoms with Gasteiger partial charge in [-0.2, -0.15) is 0 Å². The van der Waals surface area contributed by atoms with Crippen LogP contribution in [0.3, 0.4) is 0 Å². The average molecular weight is 272 g/mol. The molecule has 0 fully saturated rings. The van der Waals surface area contributed by atoms with Crippen LogP contribution in [-0.4, -0.2) is 20.8 Å². The van der Waals surface area contributed by atoms with Gasteiger partial charge in [0.2, 0.25) is 0 Å². The van der Waals surface area contributed by atoms with E-state index in [2.05, 4.69) is 19.2 Å². The number of hydrogen-bond donors (Lipinski definition) is 1. The van der Waals surface area contributed by atoms with E-state index in [0.29, 0.717) is 29.0 Å². The van der Waals surface area contributed by atoms with Crippen LogP contribution in [0.4, 0.5) is 0 Å². The van der Waals surface area contributed by atoms with E-state index in [4.69, 9.17) is 21.1 Å². The maximum atomic E-state index is 6.23. The zero-order chi connectivity index (χ0) is 13.5. The first-order chi connectivity index (χ1) is 8.58. The molecule has 0 aliphatic rings. The normalized spacial score (nSPS) is 10.8. The van der Waals surface area contributed by atoms with E-state index in [1.807, 2.05) is 19.2 Å². The van der Waals surface area contributed by atoms with Crippen LogP contribution in [0.2, 0.25) is 5.02 Å². The minimum atomic E-state index is 0.600. The Morgan fingerprint density at radius 3 is 2.61 bits per heavy atom. The molecule has 0 atom stereocenters. The molecule has 0 aromatic heterocycles. The van der Waals surface area contributed by atoms with E-state index in [9.17, 15) is 0 Å². The van der Waals surface area contributed by atoms with Crippen molar-refractivity contribution in [3.8, 4) is 11.5 Å². The summed E-state index contributed by atoms with van der Waals surface area (Å²) < 4.78 is 11.1. The third-order valence-corrected chi connectivity index (χ3v) is 2.89.